The van der Waals surface area contributed by atoms with Gasteiger partial charge in [-0.3, -0.25) is 4.79 Å². The van der Waals surface area contributed by atoms with Crippen molar-refractivity contribution in [1.82, 2.24) is 15.6 Å². The topological polar surface area (TPSA) is 54.0 Å². The van der Waals surface area contributed by atoms with Crippen LogP contribution in [0.25, 0.3) is 0 Å². The van der Waals surface area contributed by atoms with Gasteiger partial charge in [-0.15, -0.1) is 11.3 Å². The number of aryl methyl sites for hydroxylation is 2. The molecule has 0 aromatic carbocycles. The van der Waals surface area contributed by atoms with Crippen LogP contribution < -0.4 is 10.6 Å². The number of thiazole rings is 1. The lowest BCUT2D eigenvalue weighted by molar-refractivity contribution is 0.0957. The SMILES string of the molecule is Cc1nc(C)c(C(=O)NCCNC2CC2)s1. The molecule has 0 radical (unpaired) electrons. The molecule has 16 heavy (non-hydrogen) atoms. The number of nitrogens with zero attached hydrogens (tertiary/aromatic N) is 1. The Kier molecular flexibility index (Phi) is 3.56. The van der Waals surface area contributed by atoms with E-state index in [9.17, 15) is 4.79 Å². The Balaban J connectivity index is 1.75. The molecule has 2 rings (SSSR count). The maximum absolute atomic E-state index is 11.8. The molecular weight excluding hydrogens is 222 g/mol. The minimum absolute atomic E-state index is 0.000645. The first-order valence-electron chi connectivity index (χ1n) is 5.62. The second kappa shape index (κ2) is 4.93. The molecule has 1 heterocycles. The summed E-state index contributed by atoms with van der Waals surface area (Å²) in [6.07, 6.45) is 2.56. The molecule has 88 valence electrons. The zero-order chi connectivity index (χ0) is 11.5. The van der Waals surface area contributed by atoms with Gasteiger partial charge in [0.25, 0.3) is 5.91 Å². The molecule has 0 unspecified atom stereocenters. The molecule has 0 atom stereocenters. The zero-order valence-electron chi connectivity index (χ0n) is 9.67. The van der Waals surface area contributed by atoms with Crippen LogP contribution in [0.4, 0.5) is 0 Å². The highest BCUT2D eigenvalue weighted by Crippen LogP contribution is 2.18. The monoisotopic (exact) mass is 239 g/mol. The second-order valence-corrected chi connectivity index (χ2v) is 5.33. The van der Waals surface area contributed by atoms with E-state index < -0.39 is 0 Å². The third-order valence-electron chi connectivity index (χ3n) is 2.53. The summed E-state index contributed by atoms with van der Waals surface area (Å²) in [5, 5.41) is 7.20. The molecule has 1 aromatic rings. The largest absolute Gasteiger partial charge is 0.350 e. The van der Waals surface area contributed by atoms with Crippen molar-refractivity contribution in [2.24, 2.45) is 0 Å². The fourth-order valence-electron chi connectivity index (χ4n) is 1.56. The molecule has 1 aromatic heterocycles. The molecular formula is C11H17N3OS. The number of nitrogens with one attached hydrogen (secondary N) is 2. The lowest BCUT2D eigenvalue weighted by Crippen LogP contribution is -2.32. The van der Waals surface area contributed by atoms with Crippen LogP contribution in [0.1, 0.15) is 33.2 Å². The number of amides is 1. The molecule has 0 spiro atoms. The van der Waals surface area contributed by atoms with Gasteiger partial charge in [0, 0.05) is 19.1 Å². The predicted molar refractivity (Wildman–Crippen MR) is 64.9 cm³/mol. The van der Waals surface area contributed by atoms with Crippen molar-refractivity contribution in [3.8, 4) is 0 Å². The van der Waals surface area contributed by atoms with E-state index in [1.165, 1.54) is 24.2 Å². The van der Waals surface area contributed by atoms with Gasteiger partial charge in [-0.2, -0.15) is 0 Å². The van der Waals surface area contributed by atoms with Gasteiger partial charge in [0.05, 0.1) is 10.7 Å². The quantitative estimate of drug-likeness (QED) is 0.760. The minimum atomic E-state index is 0.000645. The van der Waals surface area contributed by atoms with E-state index >= 15 is 0 Å². The molecule has 1 saturated carbocycles. The number of carbonyl (C=O) groups is 1. The maximum atomic E-state index is 11.8. The van der Waals surface area contributed by atoms with Crippen molar-refractivity contribution in [3.63, 3.8) is 0 Å². The molecule has 0 saturated heterocycles. The van der Waals surface area contributed by atoms with Crippen LogP contribution in [0.2, 0.25) is 0 Å². The van der Waals surface area contributed by atoms with Crippen molar-refractivity contribution in [3.05, 3.63) is 15.6 Å². The summed E-state index contributed by atoms with van der Waals surface area (Å²) in [5.41, 5.74) is 0.829. The van der Waals surface area contributed by atoms with Crippen LogP contribution in [0, 0.1) is 13.8 Å². The van der Waals surface area contributed by atoms with E-state index in [4.69, 9.17) is 0 Å². The number of rotatable bonds is 5. The van der Waals surface area contributed by atoms with E-state index in [0.717, 1.165) is 22.1 Å². The number of hydrogen-bond acceptors (Lipinski definition) is 4. The Labute approximate surface area is 99.5 Å². The molecule has 1 aliphatic rings. The van der Waals surface area contributed by atoms with Crippen LogP contribution in [0.15, 0.2) is 0 Å². The standard InChI is InChI=1S/C11H17N3OS/c1-7-10(16-8(2)14-7)11(15)13-6-5-12-9-3-4-9/h9,12H,3-6H2,1-2H3,(H,13,15). The van der Waals surface area contributed by atoms with E-state index in [2.05, 4.69) is 15.6 Å². The van der Waals surface area contributed by atoms with Gasteiger partial charge in [-0.1, -0.05) is 0 Å². The van der Waals surface area contributed by atoms with Gasteiger partial charge >= 0.3 is 0 Å². The normalized spacial score (nSPS) is 15.1. The fourth-order valence-corrected chi connectivity index (χ4v) is 2.40. The van der Waals surface area contributed by atoms with Gasteiger partial charge in [-0.25, -0.2) is 4.98 Å². The highest BCUT2D eigenvalue weighted by Gasteiger charge is 2.19. The summed E-state index contributed by atoms with van der Waals surface area (Å²) in [4.78, 5) is 16.8. The fraction of sp³-hybridized carbons (Fsp3) is 0.636. The number of carbonyl (C=O) groups excluding carboxylic acids is 1. The third kappa shape index (κ3) is 3.02. The van der Waals surface area contributed by atoms with E-state index in [0.29, 0.717) is 12.6 Å². The third-order valence-corrected chi connectivity index (χ3v) is 3.60. The van der Waals surface area contributed by atoms with Crippen molar-refractivity contribution >= 4 is 17.2 Å². The summed E-state index contributed by atoms with van der Waals surface area (Å²) in [6, 6.07) is 0.698. The molecule has 5 heteroatoms. The highest BCUT2D eigenvalue weighted by molar-refractivity contribution is 7.13. The maximum Gasteiger partial charge on any atom is 0.263 e. The predicted octanol–water partition coefficient (Wildman–Crippen LogP) is 1.24. The van der Waals surface area contributed by atoms with Gasteiger partial charge in [-0.05, 0) is 26.7 Å². The van der Waals surface area contributed by atoms with Crippen molar-refractivity contribution in [2.45, 2.75) is 32.7 Å². The lowest BCUT2D eigenvalue weighted by atomic mass is 10.3. The van der Waals surface area contributed by atoms with Gasteiger partial charge in [0.2, 0.25) is 0 Å². The van der Waals surface area contributed by atoms with Crippen LogP contribution in [-0.2, 0) is 0 Å². The smallest absolute Gasteiger partial charge is 0.263 e. The average Bonchev–Trinajstić information content (AvgIpc) is 2.98. The summed E-state index contributed by atoms with van der Waals surface area (Å²) in [6.45, 7) is 5.34. The Morgan fingerprint density at radius 1 is 1.44 bits per heavy atom. The Morgan fingerprint density at radius 3 is 2.75 bits per heavy atom. The van der Waals surface area contributed by atoms with Crippen LogP contribution in [-0.4, -0.2) is 30.0 Å². The molecule has 0 bridgehead atoms. The summed E-state index contributed by atoms with van der Waals surface area (Å²) < 4.78 is 0. The Bertz CT molecular complexity index is 385. The minimum Gasteiger partial charge on any atom is -0.350 e. The summed E-state index contributed by atoms with van der Waals surface area (Å²) in [7, 11) is 0. The van der Waals surface area contributed by atoms with E-state index in [1.54, 1.807) is 0 Å². The van der Waals surface area contributed by atoms with Gasteiger partial charge in [0.15, 0.2) is 0 Å². The number of aromatic nitrogens is 1. The Hall–Kier alpha value is -0.940. The second-order valence-electron chi connectivity index (χ2n) is 4.13. The van der Waals surface area contributed by atoms with Gasteiger partial charge < -0.3 is 10.6 Å². The molecule has 1 fully saturated rings. The first-order valence-corrected chi connectivity index (χ1v) is 6.44. The van der Waals surface area contributed by atoms with Crippen molar-refractivity contribution in [1.29, 1.82) is 0 Å². The van der Waals surface area contributed by atoms with E-state index in [1.807, 2.05) is 13.8 Å². The zero-order valence-corrected chi connectivity index (χ0v) is 10.5. The Morgan fingerprint density at radius 2 is 2.19 bits per heavy atom. The molecule has 0 aliphatic heterocycles. The van der Waals surface area contributed by atoms with Crippen LogP contribution >= 0.6 is 11.3 Å². The van der Waals surface area contributed by atoms with Gasteiger partial charge in [0.1, 0.15) is 4.88 Å². The molecule has 4 nitrogen and oxygen atoms in total. The summed E-state index contributed by atoms with van der Waals surface area (Å²) >= 11 is 1.46. The molecule has 2 N–H and O–H groups in total. The van der Waals surface area contributed by atoms with Crippen molar-refractivity contribution in [2.75, 3.05) is 13.1 Å². The van der Waals surface area contributed by atoms with Crippen molar-refractivity contribution < 1.29 is 4.79 Å². The first kappa shape index (κ1) is 11.5. The van der Waals surface area contributed by atoms with Crippen LogP contribution in [0.3, 0.4) is 0 Å². The lowest BCUT2D eigenvalue weighted by Gasteiger charge is -2.04. The average molecular weight is 239 g/mol. The van der Waals surface area contributed by atoms with Crippen LogP contribution in [0.5, 0.6) is 0 Å². The summed E-state index contributed by atoms with van der Waals surface area (Å²) in [5.74, 6) is 0.000645. The van der Waals surface area contributed by atoms with E-state index in [-0.39, 0.29) is 5.91 Å². The molecule has 1 aliphatic carbocycles. The highest BCUT2D eigenvalue weighted by atomic mass is 32.1. The molecule has 1 amide bonds. The number of hydrogen-bond donors (Lipinski definition) is 2. The first-order chi connectivity index (χ1) is 7.66.